The Morgan fingerprint density at radius 3 is 2.84 bits per heavy atom. The molecule has 2 aromatic rings. The van der Waals surface area contributed by atoms with Gasteiger partial charge in [-0.15, -0.1) is 0 Å². The summed E-state index contributed by atoms with van der Waals surface area (Å²) < 4.78 is 1.35. The highest BCUT2D eigenvalue weighted by atomic mass is 16.1. The van der Waals surface area contributed by atoms with Gasteiger partial charge in [0.15, 0.2) is 5.82 Å². The van der Waals surface area contributed by atoms with Crippen molar-refractivity contribution in [3.8, 4) is 0 Å². The van der Waals surface area contributed by atoms with Crippen molar-refractivity contribution in [2.24, 2.45) is 7.05 Å². The molecule has 2 rings (SSSR count). The van der Waals surface area contributed by atoms with Crippen molar-refractivity contribution in [2.75, 3.05) is 26.0 Å². The standard InChI is InChI=1S/C13H19N5O/c1-9(8-17(2)3)15-12-11-7-14-6-5-10(11)13(19)18(4)16-12/h5-7,9H,8H2,1-4H3,(H,15,16). The van der Waals surface area contributed by atoms with Gasteiger partial charge in [0.25, 0.3) is 5.56 Å². The Morgan fingerprint density at radius 1 is 1.42 bits per heavy atom. The number of aryl methyl sites for hydroxylation is 1. The predicted octanol–water partition coefficient (Wildman–Crippen LogP) is 0.691. The van der Waals surface area contributed by atoms with Crippen molar-refractivity contribution in [1.29, 1.82) is 0 Å². The molecule has 2 aromatic heterocycles. The van der Waals surface area contributed by atoms with Crippen molar-refractivity contribution in [2.45, 2.75) is 13.0 Å². The average molecular weight is 261 g/mol. The lowest BCUT2D eigenvalue weighted by Gasteiger charge is -2.19. The van der Waals surface area contributed by atoms with E-state index in [1.807, 2.05) is 14.1 Å². The first kappa shape index (κ1) is 13.5. The second-order valence-electron chi connectivity index (χ2n) is 5.01. The number of hydrogen-bond donors (Lipinski definition) is 1. The highest BCUT2D eigenvalue weighted by Gasteiger charge is 2.11. The number of rotatable bonds is 4. The predicted molar refractivity (Wildman–Crippen MR) is 76.4 cm³/mol. The largest absolute Gasteiger partial charge is 0.364 e. The SMILES string of the molecule is CC(CN(C)C)Nc1nn(C)c(=O)c2ccncc12. The Balaban J connectivity index is 2.43. The number of nitrogens with zero attached hydrogens (tertiary/aromatic N) is 4. The summed E-state index contributed by atoms with van der Waals surface area (Å²) in [7, 11) is 5.70. The van der Waals surface area contributed by atoms with Gasteiger partial charge in [0.1, 0.15) is 0 Å². The first-order valence-electron chi connectivity index (χ1n) is 6.21. The van der Waals surface area contributed by atoms with Crippen LogP contribution in [-0.2, 0) is 7.05 Å². The lowest BCUT2D eigenvalue weighted by Crippen LogP contribution is -2.31. The smallest absolute Gasteiger partial charge is 0.274 e. The molecule has 0 saturated heterocycles. The van der Waals surface area contributed by atoms with E-state index in [4.69, 9.17) is 0 Å². The van der Waals surface area contributed by atoms with Crippen molar-refractivity contribution < 1.29 is 0 Å². The minimum Gasteiger partial charge on any atom is -0.364 e. The second-order valence-corrected chi connectivity index (χ2v) is 5.01. The zero-order chi connectivity index (χ0) is 14.0. The molecular weight excluding hydrogens is 242 g/mol. The molecule has 6 nitrogen and oxygen atoms in total. The molecule has 0 radical (unpaired) electrons. The number of fused-ring (bicyclic) bond motifs is 1. The highest BCUT2D eigenvalue weighted by Crippen LogP contribution is 2.17. The summed E-state index contributed by atoms with van der Waals surface area (Å²) in [6.45, 7) is 2.96. The fourth-order valence-electron chi connectivity index (χ4n) is 2.13. The molecule has 0 fully saturated rings. The molecule has 0 aliphatic carbocycles. The molecule has 0 aliphatic heterocycles. The Labute approximate surface area is 112 Å². The normalized spacial score (nSPS) is 12.9. The molecular formula is C13H19N5O. The van der Waals surface area contributed by atoms with Gasteiger partial charge in [-0.2, -0.15) is 5.10 Å². The lowest BCUT2D eigenvalue weighted by molar-refractivity contribution is 0.391. The fraction of sp³-hybridized carbons (Fsp3) is 0.462. The van der Waals surface area contributed by atoms with Crippen molar-refractivity contribution >= 4 is 16.6 Å². The number of likely N-dealkylation sites (N-methyl/N-ethyl adjacent to an activating group) is 1. The van der Waals surface area contributed by atoms with E-state index < -0.39 is 0 Å². The van der Waals surface area contributed by atoms with Gasteiger partial charge in [-0.1, -0.05) is 0 Å². The van der Waals surface area contributed by atoms with E-state index in [0.29, 0.717) is 11.2 Å². The third-order valence-corrected chi connectivity index (χ3v) is 2.87. The molecule has 2 heterocycles. The van der Waals surface area contributed by atoms with Gasteiger partial charge in [-0.05, 0) is 27.1 Å². The van der Waals surface area contributed by atoms with Gasteiger partial charge in [0.05, 0.1) is 5.39 Å². The second kappa shape index (κ2) is 5.36. The van der Waals surface area contributed by atoms with E-state index in [0.717, 1.165) is 11.9 Å². The van der Waals surface area contributed by atoms with E-state index in [-0.39, 0.29) is 11.6 Å². The van der Waals surface area contributed by atoms with Crippen LogP contribution >= 0.6 is 0 Å². The summed E-state index contributed by atoms with van der Waals surface area (Å²) in [6.07, 6.45) is 3.30. The summed E-state index contributed by atoms with van der Waals surface area (Å²) in [4.78, 5) is 18.2. The summed E-state index contributed by atoms with van der Waals surface area (Å²) in [5.74, 6) is 0.694. The van der Waals surface area contributed by atoms with E-state index in [2.05, 4.69) is 27.2 Å². The van der Waals surface area contributed by atoms with Crippen LogP contribution < -0.4 is 10.9 Å². The molecule has 1 N–H and O–H groups in total. The maximum Gasteiger partial charge on any atom is 0.274 e. The zero-order valence-corrected chi connectivity index (χ0v) is 11.7. The van der Waals surface area contributed by atoms with Crippen LogP contribution in [0.15, 0.2) is 23.3 Å². The molecule has 0 saturated carbocycles. The van der Waals surface area contributed by atoms with Crippen LogP contribution in [0.4, 0.5) is 5.82 Å². The first-order valence-corrected chi connectivity index (χ1v) is 6.21. The number of anilines is 1. The van der Waals surface area contributed by atoms with Crippen molar-refractivity contribution in [3.63, 3.8) is 0 Å². The zero-order valence-electron chi connectivity index (χ0n) is 11.7. The quantitative estimate of drug-likeness (QED) is 0.877. The summed E-state index contributed by atoms with van der Waals surface area (Å²) in [5, 5.41) is 9.01. The minimum absolute atomic E-state index is 0.108. The van der Waals surface area contributed by atoms with Crippen LogP contribution in [0.1, 0.15) is 6.92 Å². The molecule has 102 valence electrons. The van der Waals surface area contributed by atoms with Crippen LogP contribution in [0.25, 0.3) is 10.8 Å². The van der Waals surface area contributed by atoms with E-state index in [9.17, 15) is 4.79 Å². The molecule has 6 heteroatoms. The monoisotopic (exact) mass is 261 g/mol. The molecule has 19 heavy (non-hydrogen) atoms. The topological polar surface area (TPSA) is 63.1 Å². The molecule has 1 unspecified atom stereocenters. The number of aromatic nitrogens is 3. The van der Waals surface area contributed by atoms with Gasteiger partial charge in [-0.25, -0.2) is 4.68 Å². The number of nitrogens with one attached hydrogen (secondary N) is 1. The van der Waals surface area contributed by atoms with Crippen LogP contribution in [0.3, 0.4) is 0 Å². The third kappa shape index (κ3) is 2.90. The van der Waals surface area contributed by atoms with Crippen LogP contribution in [-0.4, -0.2) is 46.3 Å². The maximum atomic E-state index is 12.0. The Morgan fingerprint density at radius 2 is 2.16 bits per heavy atom. The lowest BCUT2D eigenvalue weighted by atomic mass is 10.2. The Hall–Kier alpha value is -1.95. The van der Waals surface area contributed by atoms with E-state index in [1.165, 1.54) is 4.68 Å². The van der Waals surface area contributed by atoms with Gasteiger partial charge in [0, 0.05) is 37.4 Å². The molecule has 0 amide bonds. The highest BCUT2D eigenvalue weighted by molar-refractivity contribution is 5.90. The summed E-state index contributed by atoms with van der Waals surface area (Å²) in [6, 6.07) is 1.95. The van der Waals surface area contributed by atoms with E-state index >= 15 is 0 Å². The molecule has 0 aromatic carbocycles. The molecule has 1 atom stereocenters. The van der Waals surface area contributed by atoms with Crippen molar-refractivity contribution in [3.05, 3.63) is 28.8 Å². The minimum atomic E-state index is -0.108. The van der Waals surface area contributed by atoms with E-state index in [1.54, 1.807) is 25.5 Å². The van der Waals surface area contributed by atoms with Gasteiger partial charge >= 0.3 is 0 Å². The summed E-state index contributed by atoms with van der Waals surface area (Å²) >= 11 is 0. The maximum absolute atomic E-state index is 12.0. The molecule has 0 aliphatic rings. The van der Waals surface area contributed by atoms with Crippen LogP contribution in [0.2, 0.25) is 0 Å². The Kier molecular flexibility index (Phi) is 3.80. The average Bonchev–Trinajstić information content (AvgIpc) is 2.34. The number of pyridine rings is 1. The van der Waals surface area contributed by atoms with Crippen molar-refractivity contribution in [1.82, 2.24) is 19.7 Å². The fourth-order valence-corrected chi connectivity index (χ4v) is 2.13. The molecule has 0 bridgehead atoms. The summed E-state index contributed by atoms with van der Waals surface area (Å²) in [5.41, 5.74) is -0.108. The number of hydrogen-bond acceptors (Lipinski definition) is 5. The van der Waals surface area contributed by atoms with Gasteiger partial charge in [0.2, 0.25) is 0 Å². The molecule has 0 spiro atoms. The van der Waals surface area contributed by atoms with Crippen LogP contribution in [0.5, 0.6) is 0 Å². The van der Waals surface area contributed by atoms with Crippen LogP contribution in [0, 0.1) is 0 Å². The third-order valence-electron chi connectivity index (χ3n) is 2.87. The first-order chi connectivity index (χ1) is 8.99. The Bertz CT molecular complexity index is 634. The van der Waals surface area contributed by atoms with Gasteiger partial charge in [-0.3, -0.25) is 9.78 Å². The van der Waals surface area contributed by atoms with Gasteiger partial charge < -0.3 is 10.2 Å².